The van der Waals surface area contributed by atoms with Crippen LogP contribution in [0.25, 0.3) is 0 Å². The SMILES string of the molecule is CC(C)C(CN)C1(C2CCN(C)CC2)COC1. The van der Waals surface area contributed by atoms with Crippen LogP contribution >= 0.6 is 0 Å². The maximum Gasteiger partial charge on any atom is 0.0550 e. The van der Waals surface area contributed by atoms with Crippen molar-refractivity contribution in [3.05, 3.63) is 0 Å². The fourth-order valence-corrected chi connectivity index (χ4v) is 3.84. The Morgan fingerprint density at radius 1 is 1.29 bits per heavy atom. The van der Waals surface area contributed by atoms with Gasteiger partial charge in [-0.05, 0) is 57.3 Å². The molecule has 3 heteroatoms. The highest BCUT2D eigenvalue weighted by Crippen LogP contribution is 2.49. The number of hydrogen-bond donors (Lipinski definition) is 1. The molecule has 0 radical (unpaired) electrons. The molecule has 0 aliphatic carbocycles. The molecule has 2 N–H and O–H groups in total. The first-order valence-corrected chi connectivity index (χ1v) is 7.06. The summed E-state index contributed by atoms with van der Waals surface area (Å²) in [5.41, 5.74) is 6.43. The molecule has 1 atom stereocenters. The van der Waals surface area contributed by atoms with Gasteiger partial charge in [-0.15, -0.1) is 0 Å². The Morgan fingerprint density at radius 3 is 2.24 bits per heavy atom. The number of piperidine rings is 1. The Morgan fingerprint density at radius 2 is 1.88 bits per heavy atom. The van der Waals surface area contributed by atoms with Crippen LogP contribution in [0, 0.1) is 23.2 Å². The molecular weight excluding hydrogens is 212 g/mol. The summed E-state index contributed by atoms with van der Waals surface area (Å²) in [6.45, 7) is 9.80. The number of rotatable bonds is 4. The van der Waals surface area contributed by atoms with Crippen molar-refractivity contribution in [3.8, 4) is 0 Å². The maximum atomic E-state index is 6.04. The highest BCUT2D eigenvalue weighted by molar-refractivity contribution is 4.99. The van der Waals surface area contributed by atoms with E-state index in [9.17, 15) is 0 Å². The molecule has 2 aliphatic rings. The second-order valence-electron chi connectivity index (χ2n) is 6.39. The van der Waals surface area contributed by atoms with E-state index in [0.29, 0.717) is 17.3 Å². The topological polar surface area (TPSA) is 38.5 Å². The molecule has 17 heavy (non-hydrogen) atoms. The molecule has 0 aromatic carbocycles. The minimum absolute atomic E-state index is 0.393. The van der Waals surface area contributed by atoms with Crippen LogP contribution in [0.3, 0.4) is 0 Å². The monoisotopic (exact) mass is 240 g/mol. The molecule has 2 heterocycles. The Bertz CT molecular complexity index is 243. The van der Waals surface area contributed by atoms with Crippen LogP contribution in [0.5, 0.6) is 0 Å². The van der Waals surface area contributed by atoms with Gasteiger partial charge in [0, 0.05) is 5.41 Å². The van der Waals surface area contributed by atoms with Gasteiger partial charge in [-0.1, -0.05) is 13.8 Å². The highest BCUT2D eigenvalue weighted by Gasteiger charge is 2.51. The molecule has 3 nitrogen and oxygen atoms in total. The first-order chi connectivity index (χ1) is 8.10. The Hall–Kier alpha value is -0.120. The molecule has 0 saturated carbocycles. The quantitative estimate of drug-likeness (QED) is 0.811. The predicted octanol–water partition coefficient (Wildman–Crippen LogP) is 1.58. The van der Waals surface area contributed by atoms with E-state index in [1.807, 2.05) is 0 Å². The normalized spacial score (nSPS) is 28.1. The number of likely N-dealkylation sites (tertiary alicyclic amines) is 1. The average molecular weight is 240 g/mol. The maximum absolute atomic E-state index is 6.04. The standard InChI is InChI=1S/C14H28N2O/c1-11(2)13(8-15)14(9-17-10-14)12-4-6-16(3)7-5-12/h11-13H,4-10,15H2,1-3H3. The molecule has 0 spiro atoms. The second kappa shape index (κ2) is 5.25. The molecule has 2 rings (SSSR count). The van der Waals surface area contributed by atoms with Crippen LogP contribution in [-0.2, 0) is 4.74 Å². The third-order valence-corrected chi connectivity index (χ3v) is 5.07. The van der Waals surface area contributed by atoms with E-state index in [1.165, 1.54) is 25.9 Å². The molecular formula is C14H28N2O. The molecule has 0 aromatic heterocycles. The van der Waals surface area contributed by atoms with Crippen molar-refractivity contribution >= 4 is 0 Å². The molecule has 2 saturated heterocycles. The van der Waals surface area contributed by atoms with Gasteiger partial charge in [0.1, 0.15) is 0 Å². The summed E-state index contributed by atoms with van der Waals surface area (Å²) < 4.78 is 5.58. The summed E-state index contributed by atoms with van der Waals surface area (Å²) in [4.78, 5) is 2.44. The lowest BCUT2D eigenvalue weighted by atomic mass is 9.59. The van der Waals surface area contributed by atoms with Gasteiger partial charge in [0.2, 0.25) is 0 Å². The van der Waals surface area contributed by atoms with E-state index < -0.39 is 0 Å². The van der Waals surface area contributed by atoms with Crippen molar-refractivity contribution in [2.75, 3.05) is 39.9 Å². The van der Waals surface area contributed by atoms with E-state index in [2.05, 4.69) is 25.8 Å². The zero-order valence-corrected chi connectivity index (χ0v) is 11.6. The molecule has 2 fully saturated rings. The molecule has 0 aromatic rings. The first-order valence-electron chi connectivity index (χ1n) is 7.06. The van der Waals surface area contributed by atoms with Crippen molar-refractivity contribution in [2.45, 2.75) is 26.7 Å². The fourth-order valence-electron chi connectivity index (χ4n) is 3.84. The van der Waals surface area contributed by atoms with E-state index in [0.717, 1.165) is 25.7 Å². The van der Waals surface area contributed by atoms with Crippen molar-refractivity contribution in [2.24, 2.45) is 28.9 Å². The lowest BCUT2D eigenvalue weighted by Crippen LogP contribution is -2.58. The largest absolute Gasteiger partial charge is 0.380 e. The third kappa shape index (κ3) is 2.38. The number of nitrogens with two attached hydrogens (primary N) is 1. The summed E-state index contributed by atoms with van der Waals surface area (Å²) in [7, 11) is 2.23. The second-order valence-corrected chi connectivity index (χ2v) is 6.39. The predicted molar refractivity (Wildman–Crippen MR) is 70.9 cm³/mol. The number of ether oxygens (including phenoxy) is 1. The van der Waals surface area contributed by atoms with E-state index in [1.54, 1.807) is 0 Å². The summed E-state index contributed by atoms with van der Waals surface area (Å²) in [5, 5.41) is 0. The number of nitrogens with zero attached hydrogens (tertiary/aromatic N) is 1. The van der Waals surface area contributed by atoms with Gasteiger partial charge >= 0.3 is 0 Å². The lowest BCUT2D eigenvalue weighted by molar-refractivity contribution is -0.192. The van der Waals surface area contributed by atoms with E-state index >= 15 is 0 Å². The van der Waals surface area contributed by atoms with Crippen molar-refractivity contribution in [1.29, 1.82) is 0 Å². The zero-order chi connectivity index (χ0) is 12.5. The number of hydrogen-bond acceptors (Lipinski definition) is 3. The molecule has 0 amide bonds. The van der Waals surface area contributed by atoms with E-state index in [-0.39, 0.29) is 0 Å². The summed E-state index contributed by atoms with van der Waals surface area (Å²) in [6.07, 6.45) is 2.64. The minimum atomic E-state index is 0.393. The third-order valence-electron chi connectivity index (χ3n) is 5.07. The van der Waals surface area contributed by atoms with Crippen LogP contribution < -0.4 is 5.73 Å². The van der Waals surface area contributed by atoms with Gasteiger partial charge in [-0.2, -0.15) is 0 Å². The fraction of sp³-hybridized carbons (Fsp3) is 1.00. The van der Waals surface area contributed by atoms with Gasteiger partial charge in [0.05, 0.1) is 13.2 Å². The lowest BCUT2D eigenvalue weighted by Gasteiger charge is -2.55. The Kier molecular flexibility index (Phi) is 4.11. The van der Waals surface area contributed by atoms with Gasteiger partial charge < -0.3 is 15.4 Å². The highest BCUT2D eigenvalue weighted by atomic mass is 16.5. The molecule has 1 unspecified atom stereocenters. The molecule has 100 valence electrons. The Labute approximate surface area is 106 Å². The van der Waals surface area contributed by atoms with Gasteiger partial charge in [-0.25, -0.2) is 0 Å². The van der Waals surface area contributed by atoms with Crippen LogP contribution in [0.15, 0.2) is 0 Å². The Balaban J connectivity index is 2.08. The molecule has 2 aliphatic heterocycles. The molecule has 0 bridgehead atoms. The van der Waals surface area contributed by atoms with Gasteiger partial charge in [0.15, 0.2) is 0 Å². The van der Waals surface area contributed by atoms with Crippen LogP contribution in [0.1, 0.15) is 26.7 Å². The minimum Gasteiger partial charge on any atom is -0.380 e. The van der Waals surface area contributed by atoms with Crippen molar-refractivity contribution in [1.82, 2.24) is 4.90 Å². The average Bonchev–Trinajstić information content (AvgIpc) is 2.24. The van der Waals surface area contributed by atoms with Crippen molar-refractivity contribution < 1.29 is 4.74 Å². The van der Waals surface area contributed by atoms with Gasteiger partial charge in [0.25, 0.3) is 0 Å². The van der Waals surface area contributed by atoms with Gasteiger partial charge in [-0.3, -0.25) is 0 Å². The first kappa shape index (κ1) is 13.3. The zero-order valence-electron chi connectivity index (χ0n) is 11.6. The smallest absolute Gasteiger partial charge is 0.0550 e. The van der Waals surface area contributed by atoms with Crippen LogP contribution in [-0.4, -0.2) is 44.8 Å². The van der Waals surface area contributed by atoms with Crippen molar-refractivity contribution in [3.63, 3.8) is 0 Å². The van der Waals surface area contributed by atoms with Crippen LogP contribution in [0.2, 0.25) is 0 Å². The summed E-state index contributed by atoms with van der Waals surface area (Å²) in [6, 6.07) is 0. The summed E-state index contributed by atoms with van der Waals surface area (Å²) in [5.74, 6) is 2.12. The summed E-state index contributed by atoms with van der Waals surface area (Å²) >= 11 is 0. The van der Waals surface area contributed by atoms with E-state index in [4.69, 9.17) is 10.5 Å². The van der Waals surface area contributed by atoms with Crippen LogP contribution in [0.4, 0.5) is 0 Å².